The SMILES string of the molecule is Cn1nc2c(c1NS(=O)(=O)c1ccc(Cl)cc1)CNCC2. The van der Waals surface area contributed by atoms with E-state index in [-0.39, 0.29) is 4.90 Å². The molecule has 2 N–H and O–H groups in total. The number of benzene rings is 1. The first kappa shape index (κ1) is 14.4. The maximum atomic E-state index is 12.4. The van der Waals surface area contributed by atoms with Crippen LogP contribution in [0.5, 0.6) is 0 Å². The molecule has 112 valence electrons. The van der Waals surface area contributed by atoms with Crippen LogP contribution >= 0.6 is 11.6 Å². The first-order chi connectivity index (χ1) is 9.97. The predicted molar refractivity (Wildman–Crippen MR) is 80.9 cm³/mol. The van der Waals surface area contributed by atoms with Crippen LogP contribution in [0.15, 0.2) is 29.2 Å². The normalized spacial score (nSPS) is 14.8. The van der Waals surface area contributed by atoms with Gasteiger partial charge in [-0.2, -0.15) is 5.10 Å². The lowest BCUT2D eigenvalue weighted by atomic mass is 10.1. The summed E-state index contributed by atoms with van der Waals surface area (Å²) in [6.07, 6.45) is 0.797. The minimum Gasteiger partial charge on any atom is -0.312 e. The average Bonchev–Trinajstić information content (AvgIpc) is 2.75. The van der Waals surface area contributed by atoms with Crippen molar-refractivity contribution in [3.63, 3.8) is 0 Å². The zero-order chi connectivity index (χ0) is 15.0. The van der Waals surface area contributed by atoms with E-state index in [9.17, 15) is 8.42 Å². The number of aromatic nitrogens is 2. The highest BCUT2D eigenvalue weighted by Crippen LogP contribution is 2.25. The molecule has 21 heavy (non-hydrogen) atoms. The van der Waals surface area contributed by atoms with Gasteiger partial charge in [-0.25, -0.2) is 8.42 Å². The van der Waals surface area contributed by atoms with Gasteiger partial charge in [0, 0.05) is 37.1 Å². The molecule has 0 atom stereocenters. The van der Waals surface area contributed by atoms with Gasteiger partial charge in [0.25, 0.3) is 10.0 Å². The monoisotopic (exact) mass is 326 g/mol. The highest BCUT2D eigenvalue weighted by Gasteiger charge is 2.23. The molecular weight excluding hydrogens is 312 g/mol. The molecule has 1 aromatic heterocycles. The Morgan fingerprint density at radius 1 is 1.33 bits per heavy atom. The number of aryl methyl sites for hydroxylation is 1. The Labute approximate surface area is 128 Å². The molecular formula is C13H15ClN4O2S. The Balaban J connectivity index is 1.96. The molecule has 1 aromatic carbocycles. The minimum absolute atomic E-state index is 0.172. The van der Waals surface area contributed by atoms with Crippen LogP contribution in [0.2, 0.25) is 5.02 Å². The van der Waals surface area contributed by atoms with Crippen molar-refractivity contribution in [1.29, 1.82) is 0 Å². The molecule has 6 nitrogen and oxygen atoms in total. The van der Waals surface area contributed by atoms with Crippen LogP contribution in [0.3, 0.4) is 0 Å². The zero-order valence-corrected chi connectivity index (χ0v) is 13.0. The van der Waals surface area contributed by atoms with Crippen molar-refractivity contribution in [2.45, 2.75) is 17.9 Å². The van der Waals surface area contributed by atoms with Crippen molar-refractivity contribution in [1.82, 2.24) is 15.1 Å². The second-order valence-electron chi connectivity index (χ2n) is 4.88. The minimum atomic E-state index is -3.65. The van der Waals surface area contributed by atoms with Gasteiger partial charge in [0.05, 0.1) is 10.6 Å². The molecule has 0 saturated heterocycles. The van der Waals surface area contributed by atoms with E-state index in [0.717, 1.165) is 24.2 Å². The first-order valence-corrected chi connectivity index (χ1v) is 8.37. The number of nitrogens with zero attached hydrogens (tertiary/aromatic N) is 2. The van der Waals surface area contributed by atoms with Crippen LogP contribution in [0.25, 0.3) is 0 Å². The molecule has 0 radical (unpaired) electrons. The van der Waals surface area contributed by atoms with Crippen LogP contribution in [-0.4, -0.2) is 24.7 Å². The fourth-order valence-electron chi connectivity index (χ4n) is 2.36. The number of hydrogen-bond acceptors (Lipinski definition) is 4. The summed E-state index contributed by atoms with van der Waals surface area (Å²) >= 11 is 5.79. The quantitative estimate of drug-likeness (QED) is 0.896. The second kappa shape index (κ2) is 5.32. The van der Waals surface area contributed by atoms with Gasteiger partial charge in [-0.3, -0.25) is 9.40 Å². The van der Waals surface area contributed by atoms with Gasteiger partial charge in [0.2, 0.25) is 0 Å². The Morgan fingerprint density at radius 3 is 2.76 bits per heavy atom. The molecule has 0 saturated carbocycles. The van der Waals surface area contributed by atoms with E-state index >= 15 is 0 Å². The number of nitrogens with one attached hydrogen (secondary N) is 2. The van der Waals surface area contributed by atoms with Gasteiger partial charge in [0.15, 0.2) is 0 Å². The van der Waals surface area contributed by atoms with Gasteiger partial charge >= 0.3 is 0 Å². The number of sulfonamides is 1. The summed E-state index contributed by atoms with van der Waals surface area (Å²) in [5.74, 6) is 0.507. The molecule has 0 bridgehead atoms. The number of halogens is 1. The van der Waals surface area contributed by atoms with Gasteiger partial charge in [-0.05, 0) is 24.3 Å². The lowest BCUT2D eigenvalue weighted by molar-refractivity contribution is 0.600. The zero-order valence-electron chi connectivity index (χ0n) is 11.4. The number of anilines is 1. The van der Waals surface area contributed by atoms with Gasteiger partial charge in [0.1, 0.15) is 5.82 Å². The lowest BCUT2D eigenvalue weighted by Gasteiger charge is -2.14. The highest BCUT2D eigenvalue weighted by molar-refractivity contribution is 7.92. The Bertz CT molecular complexity index is 768. The third-order valence-electron chi connectivity index (χ3n) is 3.42. The summed E-state index contributed by atoms with van der Waals surface area (Å²) < 4.78 is 29.1. The molecule has 8 heteroatoms. The maximum Gasteiger partial charge on any atom is 0.263 e. The molecule has 3 rings (SSSR count). The molecule has 2 aromatic rings. The van der Waals surface area contributed by atoms with Crippen molar-refractivity contribution < 1.29 is 8.42 Å². The molecule has 0 fully saturated rings. The summed E-state index contributed by atoms with van der Waals surface area (Å²) in [6, 6.07) is 6.06. The van der Waals surface area contributed by atoms with Crippen LogP contribution < -0.4 is 10.0 Å². The van der Waals surface area contributed by atoms with E-state index in [2.05, 4.69) is 15.1 Å². The highest BCUT2D eigenvalue weighted by atomic mass is 35.5. The smallest absolute Gasteiger partial charge is 0.263 e. The fourth-order valence-corrected chi connectivity index (χ4v) is 3.61. The molecule has 2 heterocycles. The van der Waals surface area contributed by atoms with E-state index in [0.29, 0.717) is 17.4 Å². The van der Waals surface area contributed by atoms with Crippen LogP contribution in [0, 0.1) is 0 Å². The summed E-state index contributed by atoms with van der Waals surface area (Å²) in [5.41, 5.74) is 1.84. The van der Waals surface area contributed by atoms with E-state index in [1.165, 1.54) is 12.1 Å². The molecule has 0 unspecified atom stereocenters. The van der Waals surface area contributed by atoms with Crippen molar-refractivity contribution in [3.05, 3.63) is 40.5 Å². The van der Waals surface area contributed by atoms with Crippen molar-refractivity contribution in [2.75, 3.05) is 11.3 Å². The largest absolute Gasteiger partial charge is 0.312 e. The summed E-state index contributed by atoms with van der Waals surface area (Å²) in [4.78, 5) is 0.172. The van der Waals surface area contributed by atoms with Crippen LogP contribution in [0.4, 0.5) is 5.82 Å². The average molecular weight is 327 g/mol. The lowest BCUT2D eigenvalue weighted by Crippen LogP contribution is -2.24. The Hall–Kier alpha value is -1.57. The van der Waals surface area contributed by atoms with Crippen molar-refractivity contribution >= 4 is 27.4 Å². The second-order valence-corrected chi connectivity index (χ2v) is 7.00. The van der Waals surface area contributed by atoms with Crippen molar-refractivity contribution in [2.24, 2.45) is 7.05 Å². The topological polar surface area (TPSA) is 76.0 Å². The molecule has 1 aliphatic heterocycles. The number of rotatable bonds is 3. The maximum absolute atomic E-state index is 12.4. The number of fused-ring (bicyclic) bond motifs is 1. The molecule has 1 aliphatic rings. The standard InChI is InChI=1S/C13H15ClN4O2S/c1-18-13(11-8-15-7-6-12(11)16-18)17-21(19,20)10-4-2-9(14)3-5-10/h2-5,15,17H,6-8H2,1H3. The summed E-state index contributed by atoms with van der Waals surface area (Å²) in [7, 11) is -1.92. The molecule has 0 aliphatic carbocycles. The molecule has 0 spiro atoms. The van der Waals surface area contributed by atoms with Crippen LogP contribution in [-0.2, 0) is 30.0 Å². The van der Waals surface area contributed by atoms with E-state index in [1.54, 1.807) is 23.9 Å². The number of hydrogen-bond donors (Lipinski definition) is 2. The van der Waals surface area contributed by atoms with Gasteiger partial charge in [-0.15, -0.1) is 0 Å². The predicted octanol–water partition coefficient (Wildman–Crippen LogP) is 1.52. The summed E-state index contributed by atoms with van der Waals surface area (Å²) in [5, 5.41) is 8.09. The third kappa shape index (κ3) is 2.76. The van der Waals surface area contributed by atoms with Gasteiger partial charge < -0.3 is 5.32 Å². The van der Waals surface area contributed by atoms with Crippen molar-refractivity contribution in [3.8, 4) is 0 Å². The third-order valence-corrected chi connectivity index (χ3v) is 5.03. The van der Waals surface area contributed by atoms with E-state index < -0.39 is 10.0 Å². The Morgan fingerprint density at radius 2 is 2.05 bits per heavy atom. The fraction of sp³-hybridized carbons (Fsp3) is 0.308. The van der Waals surface area contributed by atoms with E-state index in [4.69, 9.17) is 11.6 Å². The van der Waals surface area contributed by atoms with Gasteiger partial charge in [-0.1, -0.05) is 11.6 Å². The summed E-state index contributed by atoms with van der Waals surface area (Å²) in [6.45, 7) is 1.47. The van der Waals surface area contributed by atoms with Crippen LogP contribution in [0.1, 0.15) is 11.3 Å². The Kier molecular flexibility index (Phi) is 3.64. The molecule has 0 amide bonds. The van der Waals surface area contributed by atoms with E-state index in [1.807, 2.05) is 0 Å². The first-order valence-electron chi connectivity index (χ1n) is 6.51.